The van der Waals surface area contributed by atoms with Gasteiger partial charge in [0, 0.05) is 58.3 Å². The van der Waals surface area contributed by atoms with Crippen LogP contribution in [0.2, 0.25) is 0 Å². The van der Waals surface area contributed by atoms with Crippen LogP contribution in [0.5, 0.6) is 0 Å². The standard InChI is InChI=1S/C26H42N4O2/c1-5-29(6-2)26(32)30-13-11-24(12-14-30)25(31)27-16-22-7-9-23(10-8-22)19-28-17-20(3)15-21(4)18-28/h7-10,20-21,24H,5-6,11-19H2,1-4H3,(H,27,31). The molecule has 2 atom stereocenters. The first-order valence-electron chi connectivity index (χ1n) is 12.5. The lowest BCUT2D eigenvalue weighted by Gasteiger charge is -2.35. The molecule has 2 aliphatic heterocycles. The fourth-order valence-electron chi connectivity index (χ4n) is 5.30. The molecule has 2 fully saturated rings. The Labute approximate surface area is 194 Å². The van der Waals surface area contributed by atoms with E-state index in [2.05, 4.69) is 48.3 Å². The Hall–Kier alpha value is -2.08. The highest BCUT2D eigenvalue weighted by Gasteiger charge is 2.28. The maximum atomic E-state index is 12.7. The van der Waals surface area contributed by atoms with Crippen LogP contribution in [0.1, 0.15) is 58.1 Å². The van der Waals surface area contributed by atoms with Gasteiger partial charge in [0.15, 0.2) is 0 Å². The number of urea groups is 1. The van der Waals surface area contributed by atoms with Gasteiger partial charge in [0.05, 0.1) is 0 Å². The van der Waals surface area contributed by atoms with E-state index in [1.165, 1.54) is 25.1 Å². The number of hydrogen-bond donors (Lipinski definition) is 1. The summed E-state index contributed by atoms with van der Waals surface area (Å²) < 4.78 is 0. The van der Waals surface area contributed by atoms with E-state index in [-0.39, 0.29) is 17.9 Å². The molecule has 1 aromatic rings. The fourth-order valence-corrected chi connectivity index (χ4v) is 5.30. The van der Waals surface area contributed by atoms with Crippen molar-refractivity contribution < 1.29 is 9.59 Å². The predicted octanol–water partition coefficient (Wildman–Crippen LogP) is 3.95. The van der Waals surface area contributed by atoms with E-state index in [1.54, 1.807) is 0 Å². The Balaban J connectivity index is 1.41. The molecule has 0 spiro atoms. The van der Waals surface area contributed by atoms with Gasteiger partial charge in [-0.1, -0.05) is 38.1 Å². The Bertz CT molecular complexity index is 729. The summed E-state index contributed by atoms with van der Waals surface area (Å²) in [5, 5.41) is 3.11. The molecule has 3 rings (SSSR count). The molecule has 3 amide bonds. The highest BCUT2D eigenvalue weighted by atomic mass is 16.2. The van der Waals surface area contributed by atoms with Gasteiger partial charge in [-0.2, -0.15) is 0 Å². The van der Waals surface area contributed by atoms with E-state index in [0.29, 0.717) is 19.6 Å². The van der Waals surface area contributed by atoms with Gasteiger partial charge >= 0.3 is 6.03 Å². The van der Waals surface area contributed by atoms with Gasteiger partial charge in [-0.3, -0.25) is 9.69 Å². The summed E-state index contributed by atoms with van der Waals surface area (Å²) in [4.78, 5) is 31.4. The minimum Gasteiger partial charge on any atom is -0.352 e. The third kappa shape index (κ3) is 6.71. The molecular weight excluding hydrogens is 400 g/mol. The van der Waals surface area contributed by atoms with Gasteiger partial charge in [-0.25, -0.2) is 4.79 Å². The fraction of sp³-hybridized carbons (Fsp3) is 0.692. The lowest BCUT2D eigenvalue weighted by atomic mass is 9.91. The van der Waals surface area contributed by atoms with Crippen LogP contribution >= 0.6 is 0 Å². The van der Waals surface area contributed by atoms with Crippen molar-refractivity contribution in [3.63, 3.8) is 0 Å². The molecule has 2 saturated heterocycles. The topological polar surface area (TPSA) is 55.9 Å². The second kappa shape index (κ2) is 11.7. The van der Waals surface area contributed by atoms with Crippen LogP contribution in [-0.2, 0) is 17.9 Å². The molecule has 32 heavy (non-hydrogen) atoms. The smallest absolute Gasteiger partial charge is 0.319 e. The second-order valence-corrected chi connectivity index (χ2v) is 9.89. The van der Waals surface area contributed by atoms with Crippen molar-refractivity contribution in [3.8, 4) is 0 Å². The zero-order valence-corrected chi connectivity index (χ0v) is 20.5. The molecular formula is C26H42N4O2. The van der Waals surface area contributed by atoms with Crippen molar-refractivity contribution in [2.75, 3.05) is 39.3 Å². The lowest BCUT2D eigenvalue weighted by Crippen LogP contribution is -2.48. The Morgan fingerprint density at radius 1 is 0.969 bits per heavy atom. The number of hydrogen-bond acceptors (Lipinski definition) is 3. The van der Waals surface area contributed by atoms with Crippen molar-refractivity contribution in [2.24, 2.45) is 17.8 Å². The molecule has 178 valence electrons. The zero-order chi connectivity index (χ0) is 23.1. The molecule has 1 N–H and O–H groups in total. The van der Waals surface area contributed by atoms with Crippen molar-refractivity contribution in [2.45, 2.75) is 60.0 Å². The molecule has 6 heteroatoms. The Kier molecular flexibility index (Phi) is 8.97. The molecule has 6 nitrogen and oxygen atoms in total. The molecule has 2 aliphatic rings. The number of rotatable bonds is 7. The van der Waals surface area contributed by atoms with E-state index in [0.717, 1.165) is 49.9 Å². The zero-order valence-electron chi connectivity index (χ0n) is 20.5. The van der Waals surface area contributed by atoms with Crippen LogP contribution in [0.25, 0.3) is 0 Å². The minimum absolute atomic E-state index is 0.00175. The van der Waals surface area contributed by atoms with Crippen LogP contribution in [-0.4, -0.2) is 65.9 Å². The van der Waals surface area contributed by atoms with Crippen LogP contribution in [0.15, 0.2) is 24.3 Å². The van der Waals surface area contributed by atoms with Gasteiger partial charge < -0.3 is 15.1 Å². The number of benzene rings is 1. The molecule has 2 heterocycles. The van der Waals surface area contributed by atoms with Gasteiger partial charge in [0.25, 0.3) is 0 Å². The van der Waals surface area contributed by atoms with Gasteiger partial charge in [0.2, 0.25) is 5.91 Å². The maximum Gasteiger partial charge on any atom is 0.319 e. The van der Waals surface area contributed by atoms with E-state index in [9.17, 15) is 9.59 Å². The molecule has 1 aromatic carbocycles. The monoisotopic (exact) mass is 442 g/mol. The van der Waals surface area contributed by atoms with E-state index in [4.69, 9.17) is 0 Å². The molecule has 2 unspecified atom stereocenters. The average Bonchev–Trinajstić information content (AvgIpc) is 2.78. The number of amides is 3. The summed E-state index contributed by atoms with van der Waals surface area (Å²) in [5.74, 6) is 1.66. The maximum absolute atomic E-state index is 12.7. The van der Waals surface area contributed by atoms with Gasteiger partial charge in [0.1, 0.15) is 0 Å². The highest BCUT2D eigenvalue weighted by molar-refractivity contribution is 5.79. The number of likely N-dealkylation sites (tertiary alicyclic amines) is 2. The molecule has 0 bridgehead atoms. The SMILES string of the molecule is CCN(CC)C(=O)N1CCC(C(=O)NCc2ccc(CN3CC(C)CC(C)C3)cc2)CC1. The molecule has 0 radical (unpaired) electrons. The first kappa shape index (κ1) is 24.6. The third-order valence-corrected chi connectivity index (χ3v) is 7.01. The Morgan fingerprint density at radius 2 is 1.53 bits per heavy atom. The number of nitrogens with one attached hydrogen (secondary N) is 1. The summed E-state index contributed by atoms with van der Waals surface area (Å²) in [6.07, 6.45) is 2.81. The summed E-state index contributed by atoms with van der Waals surface area (Å²) >= 11 is 0. The molecule has 0 aliphatic carbocycles. The van der Waals surface area contributed by atoms with Gasteiger partial charge in [-0.05, 0) is 56.1 Å². The van der Waals surface area contributed by atoms with Gasteiger partial charge in [-0.15, -0.1) is 0 Å². The third-order valence-electron chi connectivity index (χ3n) is 7.01. The lowest BCUT2D eigenvalue weighted by molar-refractivity contribution is -0.126. The van der Waals surface area contributed by atoms with Crippen molar-refractivity contribution in [3.05, 3.63) is 35.4 Å². The average molecular weight is 443 g/mol. The number of piperidine rings is 2. The molecule has 0 aromatic heterocycles. The quantitative estimate of drug-likeness (QED) is 0.696. The van der Waals surface area contributed by atoms with Crippen molar-refractivity contribution in [1.82, 2.24) is 20.0 Å². The summed E-state index contributed by atoms with van der Waals surface area (Å²) in [5.41, 5.74) is 2.48. The van der Waals surface area contributed by atoms with Crippen LogP contribution in [0, 0.1) is 17.8 Å². The minimum atomic E-state index is -0.00175. The van der Waals surface area contributed by atoms with E-state index < -0.39 is 0 Å². The first-order chi connectivity index (χ1) is 15.4. The van der Waals surface area contributed by atoms with E-state index in [1.807, 2.05) is 23.6 Å². The summed E-state index contributed by atoms with van der Waals surface area (Å²) in [6, 6.07) is 8.77. The normalized spacial score (nSPS) is 22.6. The second-order valence-electron chi connectivity index (χ2n) is 9.89. The van der Waals surface area contributed by atoms with Crippen molar-refractivity contribution >= 4 is 11.9 Å². The Morgan fingerprint density at radius 3 is 2.09 bits per heavy atom. The van der Waals surface area contributed by atoms with Crippen LogP contribution < -0.4 is 5.32 Å². The largest absolute Gasteiger partial charge is 0.352 e. The van der Waals surface area contributed by atoms with Crippen LogP contribution in [0.3, 0.4) is 0 Å². The predicted molar refractivity (Wildman–Crippen MR) is 129 cm³/mol. The number of carbonyl (C=O) groups excluding carboxylic acids is 2. The summed E-state index contributed by atoms with van der Waals surface area (Å²) in [7, 11) is 0. The van der Waals surface area contributed by atoms with Crippen molar-refractivity contribution in [1.29, 1.82) is 0 Å². The number of nitrogens with zero attached hydrogens (tertiary/aromatic N) is 3. The van der Waals surface area contributed by atoms with Crippen LogP contribution in [0.4, 0.5) is 4.79 Å². The number of carbonyl (C=O) groups is 2. The first-order valence-corrected chi connectivity index (χ1v) is 12.5. The highest BCUT2D eigenvalue weighted by Crippen LogP contribution is 2.23. The summed E-state index contributed by atoms with van der Waals surface area (Å²) in [6.45, 7) is 15.4. The molecule has 0 saturated carbocycles. The van der Waals surface area contributed by atoms with E-state index >= 15 is 0 Å².